The zero-order valence-electron chi connectivity index (χ0n) is 9.89. The van der Waals surface area contributed by atoms with E-state index in [1.807, 2.05) is 24.0 Å². The van der Waals surface area contributed by atoms with Crippen LogP contribution in [0.2, 0.25) is 0 Å². The molecule has 0 unspecified atom stereocenters. The van der Waals surface area contributed by atoms with Crippen molar-refractivity contribution in [3.05, 3.63) is 28.6 Å². The molecule has 7 nitrogen and oxygen atoms in total. The number of halogens is 1. The number of hydrogen-bond donors (Lipinski definition) is 3. The average molecular weight is 312 g/mol. The third-order valence-corrected chi connectivity index (χ3v) is 2.85. The first kappa shape index (κ1) is 12.8. The number of hydrogen-bond acceptors (Lipinski definition) is 6. The Morgan fingerprint density at radius 3 is 2.94 bits per heavy atom. The van der Waals surface area contributed by atoms with Gasteiger partial charge in [-0.15, -0.1) is 0 Å². The Labute approximate surface area is 113 Å². The van der Waals surface area contributed by atoms with Gasteiger partial charge in [-0.1, -0.05) is 0 Å². The summed E-state index contributed by atoms with van der Waals surface area (Å²) < 4.78 is 2.66. The Hall–Kier alpha value is -1.67. The minimum Gasteiger partial charge on any atom is -0.367 e. The van der Waals surface area contributed by atoms with E-state index in [-0.39, 0.29) is 0 Å². The number of aryl methyl sites for hydroxylation is 1. The van der Waals surface area contributed by atoms with Crippen LogP contribution in [0.1, 0.15) is 5.56 Å². The lowest BCUT2D eigenvalue weighted by Gasteiger charge is -2.08. The molecule has 0 bridgehead atoms. The maximum Gasteiger partial charge on any atom is 0.239 e. The fourth-order valence-electron chi connectivity index (χ4n) is 1.44. The van der Waals surface area contributed by atoms with E-state index in [1.165, 1.54) is 0 Å². The van der Waals surface area contributed by atoms with Gasteiger partial charge in [0, 0.05) is 18.9 Å². The highest BCUT2D eigenvalue weighted by molar-refractivity contribution is 9.10. The van der Waals surface area contributed by atoms with Gasteiger partial charge in [0.2, 0.25) is 5.95 Å². The monoisotopic (exact) mass is 311 g/mol. The highest BCUT2D eigenvalue weighted by Crippen LogP contribution is 2.19. The molecule has 0 aliphatic heterocycles. The summed E-state index contributed by atoms with van der Waals surface area (Å²) in [6.07, 6.45) is 5.46. The van der Waals surface area contributed by atoms with Crippen molar-refractivity contribution in [2.24, 2.45) is 5.84 Å². The topological polar surface area (TPSA) is 93.7 Å². The first-order valence-electron chi connectivity index (χ1n) is 5.41. The predicted octanol–water partition coefficient (Wildman–Crippen LogP) is 1.14. The Morgan fingerprint density at radius 2 is 2.28 bits per heavy atom. The van der Waals surface area contributed by atoms with Gasteiger partial charge in [0.15, 0.2) is 0 Å². The SMILES string of the molecule is Cc1cnn(CCNc2nc(NN)ncc2Br)c1. The van der Waals surface area contributed by atoms with Crippen LogP contribution in [-0.4, -0.2) is 26.3 Å². The molecule has 0 saturated heterocycles. The lowest BCUT2D eigenvalue weighted by molar-refractivity contribution is 0.636. The zero-order chi connectivity index (χ0) is 13.0. The van der Waals surface area contributed by atoms with E-state index in [2.05, 4.69) is 41.7 Å². The van der Waals surface area contributed by atoms with Crippen molar-refractivity contribution in [2.45, 2.75) is 13.5 Å². The molecule has 0 fully saturated rings. The highest BCUT2D eigenvalue weighted by Gasteiger charge is 2.03. The lowest BCUT2D eigenvalue weighted by atomic mass is 10.4. The minimum absolute atomic E-state index is 0.371. The van der Waals surface area contributed by atoms with Gasteiger partial charge in [-0.25, -0.2) is 10.8 Å². The largest absolute Gasteiger partial charge is 0.367 e. The Balaban J connectivity index is 1.93. The molecule has 18 heavy (non-hydrogen) atoms. The number of nitrogens with two attached hydrogens (primary N) is 1. The molecule has 0 radical (unpaired) electrons. The van der Waals surface area contributed by atoms with Crippen molar-refractivity contribution in [3.63, 3.8) is 0 Å². The van der Waals surface area contributed by atoms with Gasteiger partial charge < -0.3 is 5.32 Å². The molecule has 0 spiro atoms. The number of nitrogens with zero attached hydrogens (tertiary/aromatic N) is 4. The molecule has 96 valence electrons. The van der Waals surface area contributed by atoms with Crippen LogP contribution in [0.15, 0.2) is 23.1 Å². The van der Waals surface area contributed by atoms with Crippen LogP contribution < -0.4 is 16.6 Å². The number of hydrazine groups is 1. The first-order chi connectivity index (χ1) is 8.69. The third-order valence-electron chi connectivity index (χ3n) is 2.27. The molecule has 2 heterocycles. The smallest absolute Gasteiger partial charge is 0.239 e. The van der Waals surface area contributed by atoms with Gasteiger partial charge in [-0.2, -0.15) is 10.1 Å². The van der Waals surface area contributed by atoms with Crippen molar-refractivity contribution in [2.75, 3.05) is 17.3 Å². The molecule has 0 saturated carbocycles. The van der Waals surface area contributed by atoms with Gasteiger partial charge in [-0.05, 0) is 28.4 Å². The highest BCUT2D eigenvalue weighted by atomic mass is 79.9. The van der Waals surface area contributed by atoms with Crippen LogP contribution in [-0.2, 0) is 6.54 Å². The van der Waals surface area contributed by atoms with E-state index in [1.54, 1.807) is 6.20 Å². The summed E-state index contributed by atoms with van der Waals surface area (Å²) in [6.45, 7) is 3.48. The summed E-state index contributed by atoms with van der Waals surface area (Å²) in [6, 6.07) is 0. The van der Waals surface area contributed by atoms with Crippen LogP contribution in [0, 0.1) is 6.92 Å². The minimum atomic E-state index is 0.371. The van der Waals surface area contributed by atoms with Crippen LogP contribution in [0.25, 0.3) is 0 Å². The standard InChI is InChI=1S/C10H14BrN7/c1-7-4-15-18(6-7)3-2-13-9-8(11)5-14-10(16-9)17-12/h4-6H,2-3,12H2,1H3,(H2,13,14,16,17). The molecule has 0 amide bonds. The van der Waals surface area contributed by atoms with Crippen molar-refractivity contribution >= 4 is 27.7 Å². The summed E-state index contributed by atoms with van der Waals surface area (Å²) >= 11 is 3.37. The average Bonchev–Trinajstić information content (AvgIpc) is 2.77. The van der Waals surface area contributed by atoms with Gasteiger partial charge >= 0.3 is 0 Å². The summed E-state index contributed by atoms with van der Waals surface area (Å²) in [4.78, 5) is 8.17. The Bertz CT molecular complexity index is 525. The Kier molecular flexibility index (Phi) is 4.11. The summed E-state index contributed by atoms with van der Waals surface area (Å²) in [5.74, 6) is 6.33. The van der Waals surface area contributed by atoms with E-state index >= 15 is 0 Å². The summed E-state index contributed by atoms with van der Waals surface area (Å²) in [5, 5.41) is 7.39. The molecular formula is C10H14BrN7. The molecule has 0 aliphatic rings. The predicted molar refractivity (Wildman–Crippen MR) is 73.0 cm³/mol. The second-order valence-corrected chi connectivity index (χ2v) is 4.60. The molecule has 8 heteroatoms. The van der Waals surface area contributed by atoms with Crippen LogP contribution in [0.3, 0.4) is 0 Å². The first-order valence-corrected chi connectivity index (χ1v) is 6.20. The summed E-state index contributed by atoms with van der Waals surface area (Å²) in [7, 11) is 0. The fourth-order valence-corrected chi connectivity index (χ4v) is 1.77. The third kappa shape index (κ3) is 3.17. The van der Waals surface area contributed by atoms with Crippen molar-refractivity contribution in [3.8, 4) is 0 Å². The molecule has 0 aliphatic carbocycles. The molecule has 2 rings (SSSR count). The second-order valence-electron chi connectivity index (χ2n) is 3.74. The van der Waals surface area contributed by atoms with E-state index in [0.29, 0.717) is 18.3 Å². The zero-order valence-corrected chi connectivity index (χ0v) is 11.5. The molecular weight excluding hydrogens is 298 g/mol. The molecule has 0 aromatic carbocycles. The second kappa shape index (κ2) is 5.78. The maximum absolute atomic E-state index is 5.26. The van der Waals surface area contributed by atoms with E-state index in [9.17, 15) is 0 Å². The number of nitrogens with one attached hydrogen (secondary N) is 2. The van der Waals surface area contributed by atoms with E-state index < -0.39 is 0 Å². The fraction of sp³-hybridized carbons (Fsp3) is 0.300. The van der Waals surface area contributed by atoms with Gasteiger partial charge in [0.25, 0.3) is 0 Å². The van der Waals surface area contributed by atoms with Crippen LogP contribution in [0.5, 0.6) is 0 Å². The lowest BCUT2D eigenvalue weighted by Crippen LogP contribution is -2.15. The Morgan fingerprint density at radius 1 is 1.44 bits per heavy atom. The van der Waals surface area contributed by atoms with Gasteiger partial charge in [0.1, 0.15) is 5.82 Å². The van der Waals surface area contributed by atoms with Gasteiger partial charge in [-0.3, -0.25) is 10.1 Å². The van der Waals surface area contributed by atoms with E-state index in [4.69, 9.17) is 5.84 Å². The molecule has 0 atom stereocenters. The molecule has 2 aromatic rings. The van der Waals surface area contributed by atoms with E-state index in [0.717, 1.165) is 16.6 Å². The maximum atomic E-state index is 5.26. The number of anilines is 2. The normalized spacial score (nSPS) is 10.4. The van der Waals surface area contributed by atoms with Crippen molar-refractivity contribution in [1.29, 1.82) is 0 Å². The van der Waals surface area contributed by atoms with Gasteiger partial charge in [0.05, 0.1) is 17.2 Å². The van der Waals surface area contributed by atoms with Crippen LogP contribution >= 0.6 is 15.9 Å². The summed E-state index contributed by atoms with van der Waals surface area (Å²) in [5.41, 5.74) is 3.55. The van der Waals surface area contributed by atoms with Crippen molar-refractivity contribution < 1.29 is 0 Å². The molecule has 2 aromatic heterocycles. The number of rotatable bonds is 5. The van der Waals surface area contributed by atoms with Crippen molar-refractivity contribution in [1.82, 2.24) is 19.7 Å². The number of nitrogen functional groups attached to an aromatic ring is 1. The number of aromatic nitrogens is 4. The van der Waals surface area contributed by atoms with Crippen LogP contribution in [0.4, 0.5) is 11.8 Å². The quantitative estimate of drug-likeness (QED) is 0.566. The molecule has 4 N–H and O–H groups in total.